The molecule has 7 heteroatoms. The van der Waals surface area contributed by atoms with Gasteiger partial charge in [0.15, 0.2) is 5.78 Å². The molecule has 20 heavy (non-hydrogen) atoms. The summed E-state index contributed by atoms with van der Waals surface area (Å²) in [7, 11) is -3.95. The van der Waals surface area contributed by atoms with Gasteiger partial charge in [-0.1, -0.05) is 12.1 Å². The Morgan fingerprint density at radius 2 is 2.00 bits per heavy atom. The SMILES string of the molecule is CC(=O)c1cccc(S(=O)(=O)NC(C(=O)O)C2CC2)c1. The maximum Gasteiger partial charge on any atom is 0.322 e. The lowest BCUT2D eigenvalue weighted by atomic mass is 10.2. The van der Waals surface area contributed by atoms with E-state index in [1.807, 2.05) is 0 Å². The largest absolute Gasteiger partial charge is 0.480 e. The molecule has 0 radical (unpaired) electrons. The summed E-state index contributed by atoms with van der Waals surface area (Å²) in [6.07, 6.45) is 1.40. The van der Waals surface area contributed by atoms with Crippen molar-refractivity contribution in [3.63, 3.8) is 0 Å². The number of benzene rings is 1. The van der Waals surface area contributed by atoms with Gasteiger partial charge in [-0.15, -0.1) is 0 Å². The van der Waals surface area contributed by atoms with Crippen LogP contribution in [0.15, 0.2) is 29.2 Å². The lowest BCUT2D eigenvalue weighted by molar-refractivity contribution is -0.139. The lowest BCUT2D eigenvalue weighted by Crippen LogP contribution is -2.42. The normalized spacial score (nSPS) is 16.6. The van der Waals surface area contributed by atoms with Crippen LogP contribution in [0.5, 0.6) is 0 Å². The lowest BCUT2D eigenvalue weighted by Gasteiger charge is -2.14. The number of ketones is 1. The Labute approximate surface area is 116 Å². The van der Waals surface area contributed by atoms with Crippen LogP contribution in [0.2, 0.25) is 0 Å². The summed E-state index contributed by atoms with van der Waals surface area (Å²) in [5, 5.41) is 9.06. The van der Waals surface area contributed by atoms with E-state index in [0.717, 1.165) is 0 Å². The molecule has 1 aromatic rings. The summed E-state index contributed by atoms with van der Waals surface area (Å²) in [6, 6.07) is 4.44. The van der Waals surface area contributed by atoms with Crippen LogP contribution in [0.1, 0.15) is 30.1 Å². The molecular weight excluding hydrogens is 282 g/mol. The van der Waals surface area contributed by atoms with Gasteiger partial charge in [0.1, 0.15) is 6.04 Å². The van der Waals surface area contributed by atoms with Crippen molar-refractivity contribution in [1.82, 2.24) is 4.72 Å². The van der Waals surface area contributed by atoms with Crippen molar-refractivity contribution in [3.8, 4) is 0 Å². The number of sulfonamides is 1. The molecule has 0 heterocycles. The van der Waals surface area contributed by atoms with Gasteiger partial charge in [0.05, 0.1) is 4.90 Å². The van der Waals surface area contributed by atoms with Gasteiger partial charge in [-0.3, -0.25) is 9.59 Å². The number of carbonyl (C=O) groups is 2. The fourth-order valence-corrected chi connectivity index (χ4v) is 3.20. The van der Waals surface area contributed by atoms with E-state index in [1.54, 1.807) is 0 Å². The Bertz CT molecular complexity index is 648. The molecule has 108 valence electrons. The number of carboxylic acids is 1. The highest BCUT2D eigenvalue weighted by molar-refractivity contribution is 7.89. The van der Waals surface area contributed by atoms with Crippen molar-refractivity contribution in [2.24, 2.45) is 5.92 Å². The second-order valence-electron chi connectivity index (χ2n) is 4.86. The summed E-state index contributed by atoms with van der Waals surface area (Å²) in [5.74, 6) is -1.59. The number of rotatable bonds is 6. The molecule has 1 fully saturated rings. The third-order valence-electron chi connectivity index (χ3n) is 3.19. The number of hydrogen-bond donors (Lipinski definition) is 2. The van der Waals surface area contributed by atoms with Crippen LogP contribution < -0.4 is 4.72 Å². The number of carboxylic acid groups (broad SMARTS) is 1. The van der Waals surface area contributed by atoms with Crippen LogP contribution >= 0.6 is 0 Å². The van der Waals surface area contributed by atoms with Gasteiger partial charge < -0.3 is 5.11 Å². The summed E-state index contributed by atoms with van der Waals surface area (Å²) >= 11 is 0. The van der Waals surface area contributed by atoms with E-state index in [-0.39, 0.29) is 22.2 Å². The van der Waals surface area contributed by atoms with Crippen molar-refractivity contribution in [3.05, 3.63) is 29.8 Å². The highest BCUT2D eigenvalue weighted by Crippen LogP contribution is 2.33. The zero-order valence-corrected chi connectivity index (χ0v) is 11.7. The summed E-state index contributed by atoms with van der Waals surface area (Å²) < 4.78 is 26.5. The highest BCUT2D eigenvalue weighted by atomic mass is 32.2. The van der Waals surface area contributed by atoms with Crippen molar-refractivity contribution in [2.45, 2.75) is 30.7 Å². The highest BCUT2D eigenvalue weighted by Gasteiger charge is 2.39. The molecule has 0 saturated heterocycles. The summed E-state index contributed by atoms with van der Waals surface area (Å²) in [6.45, 7) is 1.34. The second-order valence-corrected chi connectivity index (χ2v) is 6.57. The van der Waals surface area contributed by atoms with E-state index in [2.05, 4.69) is 4.72 Å². The maximum absolute atomic E-state index is 12.2. The molecule has 1 aromatic carbocycles. The fraction of sp³-hybridized carbons (Fsp3) is 0.385. The van der Waals surface area contributed by atoms with Gasteiger partial charge in [0, 0.05) is 5.56 Å². The number of nitrogens with one attached hydrogen (secondary N) is 1. The predicted molar refractivity (Wildman–Crippen MR) is 70.9 cm³/mol. The Balaban J connectivity index is 2.27. The monoisotopic (exact) mass is 297 g/mol. The first-order valence-corrected chi connectivity index (χ1v) is 7.66. The summed E-state index contributed by atoms with van der Waals surface area (Å²) in [5.41, 5.74) is 0.270. The molecule has 0 spiro atoms. The van der Waals surface area contributed by atoms with Gasteiger partial charge in [-0.05, 0) is 37.8 Å². The number of hydrogen-bond acceptors (Lipinski definition) is 4. The van der Waals surface area contributed by atoms with Gasteiger partial charge in [0.25, 0.3) is 0 Å². The second kappa shape index (κ2) is 5.34. The third kappa shape index (κ3) is 3.23. The molecule has 0 amide bonds. The Morgan fingerprint density at radius 3 is 2.50 bits per heavy atom. The predicted octanol–water partition coefficient (Wildman–Crippen LogP) is 1.03. The van der Waals surface area contributed by atoms with Crippen molar-refractivity contribution >= 4 is 21.8 Å². The molecule has 1 unspecified atom stereocenters. The smallest absolute Gasteiger partial charge is 0.322 e. The molecule has 2 N–H and O–H groups in total. The molecule has 1 aliphatic carbocycles. The van der Waals surface area contributed by atoms with E-state index in [1.165, 1.54) is 31.2 Å². The van der Waals surface area contributed by atoms with Crippen LogP contribution in [-0.2, 0) is 14.8 Å². The van der Waals surface area contributed by atoms with Crippen molar-refractivity contribution in [2.75, 3.05) is 0 Å². The molecule has 1 aliphatic rings. The van der Waals surface area contributed by atoms with E-state index in [4.69, 9.17) is 5.11 Å². The first kappa shape index (κ1) is 14.7. The van der Waals surface area contributed by atoms with Gasteiger partial charge in [0.2, 0.25) is 10.0 Å². The molecular formula is C13H15NO5S. The minimum absolute atomic E-state index is 0.0999. The fourth-order valence-electron chi connectivity index (χ4n) is 1.90. The zero-order valence-electron chi connectivity index (χ0n) is 10.9. The molecule has 0 aliphatic heterocycles. The van der Waals surface area contributed by atoms with Gasteiger partial charge >= 0.3 is 5.97 Å². The first-order chi connectivity index (χ1) is 9.31. The molecule has 1 atom stereocenters. The minimum atomic E-state index is -3.95. The average Bonchev–Trinajstić information content (AvgIpc) is 3.20. The topological polar surface area (TPSA) is 101 Å². The van der Waals surface area contributed by atoms with Crippen molar-refractivity contribution < 1.29 is 23.1 Å². The first-order valence-electron chi connectivity index (χ1n) is 6.17. The standard InChI is InChI=1S/C13H15NO5S/c1-8(15)10-3-2-4-11(7-10)20(18,19)14-12(13(16)17)9-5-6-9/h2-4,7,9,12,14H,5-6H2,1H3,(H,16,17). The van der Waals surface area contributed by atoms with E-state index in [0.29, 0.717) is 12.8 Å². The Morgan fingerprint density at radius 1 is 1.35 bits per heavy atom. The molecule has 0 bridgehead atoms. The maximum atomic E-state index is 12.2. The van der Waals surface area contributed by atoms with Gasteiger partial charge in [-0.25, -0.2) is 8.42 Å². The van der Waals surface area contributed by atoms with E-state index in [9.17, 15) is 18.0 Å². The molecule has 6 nitrogen and oxygen atoms in total. The summed E-state index contributed by atoms with van der Waals surface area (Å²) in [4.78, 5) is 22.2. The van der Waals surface area contributed by atoms with Crippen LogP contribution in [0.3, 0.4) is 0 Å². The molecule has 2 rings (SSSR count). The van der Waals surface area contributed by atoms with Gasteiger partial charge in [-0.2, -0.15) is 4.72 Å². The molecule has 1 saturated carbocycles. The van der Waals surface area contributed by atoms with E-state index < -0.39 is 22.0 Å². The van der Waals surface area contributed by atoms with Crippen molar-refractivity contribution in [1.29, 1.82) is 0 Å². The van der Waals surface area contributed by atoms with Crippen LogP contribution in [-0.4, -0.2) is 31.3 Å². The average molecular weight is 297 g/mol. The third-order valence-corrected chi connectivity index (χ3v) is 4.63. The quantitative estimate of drug-likeness (QED) is 0.764. The number of Topliss-reactive ketones (excluding diaryl/α,β-unsaturated/α-hetero) is 1. The number of carbonyl (C=O) groups excluding carboxylic acids is 1. The number of aliphatic carboxylic acids is 1. The Kier molecular flexibility index (Phi) is 3.92. The van der Waals surface area contributed by atoms with Crippen LogP contribution in [0.25, 0.3) is 0 Å². The zero-order chi connectivity index (χ0) is 14.9. The van der Waals surface area contributed by atoms with Crippen LogP contribution in [0.4, 0.5) is 0 Å². The Hall–Kier alpha value is -1.73. The molecule has 0 aromatic heterocycles. The van der Waals surface area contributed by atoms with Crippen LogP contribution in [0, 0.1) is 5.92 Å². The minimum Gasteiger partial charge on any atom is -0.480 e. The van der Waals surface area contributed by atoms with E-state index >= 15 is 0 Å².